The molecule has 0 aliphatic rings. The fraction of sp³-hybridized carbons (Fsp3) is 0.214. The average molecular weight is 258 g/mol. The zero-order valence-corrected chi connectivity index (χ0v) is 10.8. The minimum Gasteiger partial charge on any atom is -0.480 e. The highest BCUT2D eigenvalue weighted by atomic mass is 16.5. The molecule has 0 amide bonds. The van der Waals surface area contributed by atoms with Gasteiger partial charge in [-0.2, -0.15) is 0 Å². The summed E-state index contributed by atoms with van der Waals surface area (Å²) in [6, 6.07) is 6.93. The van der Waals surface area contributed by atoms with E-state index >= 15 is 0 Å². The zero-order chi connectivity index (χ0) is 13.7. The maximum atomic E-state index is 12.0. The van der Waals surface area contributed by atoms with Crippen molar-refractivity contribution in [2.24, 2.45) is 0 Å². The first-order chi connectivity index (χ1) is 9.20. The molecule has 0 fully saturated rings. The molecule has 0 unspecified atom stereocenters. The third-order valence-corrected chi connectivity index (χ3v) is 2.50. The summed E-state index contributed by atoms with van der Waals surface area (Å²) in [6.45, 7) is 1.83. The van der Waals surface area contributed by atoms with Crippen molar-refractivity contribution >= 4 is 5.78 Å². The number of hydrogen-bond acceptors (Lipinski definition) is 5. The van der Waals surface area contributed by atoms with Crippen LogP contribution < -0.4 is 9.47 Å². The number of methoxy groups -OCH3 is 1. The van der Waals surface area contributed by atoms with Gasteiger partial charge in [-0.05, 0) is 24.6 Å². The minimum atomic E-state index is -0.202. The molecule has 2 aromatic rings. The first-order valence-corrected chi connectivity index (χ1v) is 5.78. The number of carbonyl (C=O) groups excluding carboxylic acids is 1. The number of pyridine rings is 2. The third kappa shape index (κ3) is 3.28. The molecule has 0 spiro atoms. The van der Waals surface area contributed by atoms with Crippen molar-refractivity contribution in [3.63, 3.8) is 0 Å². The lowest BCUT2D eigenvalue weighted by Gasteiger charge is -2.07. The molecule has 0 N–H and O–H groups in total. The molecule has 0 aromatic carbocycles. The fourth-order valence-corrected chi connectivity index (χ4v) is 1.52. The van der Waals surface area contributed by atoms with Crippen LogP contribution in [0.25, 0.3) is 0 Å². The van der Waals surface area contributed by atoms with E-state index in [0.717, 1.165) is 5.56 Å². The van der Waals surface area contributed by atoms with Gasteiger partial charge in [-0.25, -0.2) is 9.97 Å². The van der Waals surface area contributed by atoms with E-state index in [1.54, 1.807) is 30.6 Å². The molecule has 0 aliphatic carbocycles. The molecule has 0 radical (unpaired) electrons. The maximum Gasteiger partial charge on any atom is 0.224 e. The Labute approximate surface area is 111 Å². The molecule has 0 saturated heterocycles. The lowest BCUT2D eigenvalue weighted by atomic mass is 10.2. The van der Waals surface area contributed by atoms with Gasteiger partial charge in [0.1, 0.15) is 0 Å². The van der Waals surface area contributed by atoms with E-state index in [2.05, 4.69) is 9.97 Å². The number of ether oxygens (including phenoxy) is 2. The second-order valence-corrected chi connectivity index (χ2v) is 3.95. The summed E-state index contributed by atoms with van der Waals surface area (Å²) in [5, 5.41) is 0. The first-order valence-electron chi connectivity index (χ1n) is 5.78. The van der Waals surface area contributed by atoms with Crippen molar-refractivity contribution in [2.75, 3.05) is 13.7 Å². The second kappa shape index (κ2) is 5.95. The highest BCUT2D eigenvalue weighted by Gasteiger charge is 2.13. The zero-order valence-electron chi connectivity index (χ0n) is 10.8. The van der Waals surface area contributed by atoms with Gasteiger partial charge in [-0.1, -0.05) is 6.07 Å². The van der Waals surface area contributed by atoms with E-state index < -0.39 is 0 Å². The van der Waals surface area contributed by atoms with Crippen LogP contribution in [0.4, 0.5) is 0 Å². The van der Waals surface area contributed by atoms with Crippen molar-refractivity contribution < 1.29 is 14.3 Å². The summed E-state index contributed by atoms with van der Waals surface area (Å²) < 4.78 is 10.4. The maximum absolute atomic E-state index is 12.0. The van der Waals surface area contributed by atoms with Crippen LogP contribution in [0, 0.1) is 6.92 Å². The van der Waals surface area contributed by atoms with Gasteiger partial charge in [0.2, 0.25) is 17.5 Å². The van der Waals surface area contributed by atoms with E-state index in [-0.39, 0.29) is 12.4 Å². The van der Waals surface area contributed by atoms with E-state index in [0.29, 0.717) is 17.3 Å². The lowest BCUT2D eigenvalue weighted by Crippen LogP contribution is -2.13. The van der Waals surface area contributed by atoms with Gasteiger partial charge in [0.15, 0.2) is 6.61 Å². The largest absolute Gasteiger partial charge is 0.480 e. The molecule has 0 saturated carbocycles. The third-order valence-electron chi connectivity index (χ3n) is 2.50. The van der Waals surface area contributed by atoms with Crippen LogP contribution in [0.5, 0.6) is 11.8 Å². The van der Waals surface area contributed by atoms with E-state index in [1.165, 1.54) is 7.11 Å². The number of Topliss-reactive ketones (excluding diaryl/α,β-unsaturated/α-hetero) is 1. The number of rotatable bonds is 5. The van der Waals surface area contributed by atoms with Crippen molar-refractivity contribution in [2.45, 2.75) is 6.92 Å². The molecule has 0 atom stereocenters. The molecule has 2 aromatic heterocycles. The Morgan fingerprint density at radius 2 is 2.11 bits per heavy atom. The average Bonchev–Trinajstić information content (AvgIpc) is 2.46. The Morgan fingerprint density at radius 3 is 2.79 bits per heavy atom. The highest BCUT2D eigenvalue weighted by molar-refractivity contribution is 5.99. The number of ketones is 1. The number of carbonyl (C=O) groups is 1. The lowest BCUT2D eigenvalue weighted by molar-refractivity contribution is 0.0914. The van der Waals surface area contributed by atoms with Gasteiger partial charge >= 0.3 is 0 Å². The number of hydrogen-bond donors (Lipinski definition) is 0. The Kier molecular flexibility index (Phi) is 4.07. The van der Waals surface area contributed by atoms with Crippen LogP contribution in [0.1, 0.15) is 15.9 Å². The van der Waals surface area contributed by atoms with Crippen molar-refractivity contribution in [3.8, 4) is 11.8 Å². The number of aromatic nitrogens is 2. The second-order valence-electron chi connectivity index (χ2n) is 3.95. The molecule has 98 valence electrons. The van der Waals surface area contributed by atoms with E-state index in [4.69, 9.17) is 9.47 Å². The van der Waals surface area contributed by atoms with Gasteiger partial charge in [-0.3, -0.25) is 4.79 Å². The summed E-state index contributed by atoms with van der Waals surface area (Å²) >= 11 is 0. The van der Waals surface area contributed by atoms with Gasteiger partial charge in [0, 0.05) is 18.5 Å². The fourth-order valence-electron chi connectivity index (χ4n) is 1.52. The molecular weight excluding hydrogens is 244 g/mol. The van der Waals surface area contributed by atoms with Gasteiger partial charge in [0.05, 0.1) is 12.7 Å². The Hall–Kier alpha value is -2.43. The number of aryl methyl sites for hydroxylation is 1. The van der Waals surface area contributed by atoms with Crippen LogP contribution in [0.15, 0.2) is 36.7 Å². The summed E-state index contributed by atoms with van der Waals surface area (Å²) in [5.74, 6) is 0.516. The normalized spacial score (nSPS) is 10.0. The van der Waals surface area contributed by atoms with Crippen LogP contribution in [0.2, 0.25) is 0 Å². The molecule has 2 heterocycles. The summed E-state index contributed by atoms with van der Waals surface area (Å²) in [6.07, 6.45) is 3.25. The molecule has 0 bridgehead atoms. The first kappa shape index (κ1) is 13.0. The summed E-state index contributed by atoms with van der Waals surface area (Å²) in [7, 11) is 1.47. The van der Waals surface area contributed by atoms with Crippen LogP contribution in [0.3, 0.4) is 0 Å². The monoisotopic (exact) mass is 258 g/mol. The quantitative estimate of drug-likeness (QED) is 0.768. The van der Waals surface area contributed by atoms with Crippen molar-refractivity contribution in [3.05, 3.63) is 47.8 Å². The van der Waals surface area contributed by atoms with Crippen LogP contribution >= 0.6 is 0 Å². The predicted molar refractivity (Wildman–Crippen MR) is 69.6 cm³/mol. The molecule has 0 aliphatic heterocycles. The predicted octanol–water partition coefficient (Wildman–Crippen LogP) is 2.06. The molecule has 19 heavy (non-hydrogen) atoms. The number of nitrogens with zero attached hydrogens (tertiary/aromatic N) is 2. The molecule has 5 nitrogen and oxygen atoms in total. The topological polar surface area (TPSA) is 61.3 Å². The minimum absolute atomic E-state index is 0.0991. The van der Waals surface area contributed by atoms with E-state index in [1.807, 2.05) is 13.0 Å². The Bertz CT molecular complexity index is 567. The highest BCUT2D eigenvalue weighted by Crippen LogP contribution is 2.15. The van der Waals surface area contributed by atoms with Gasteiger partial charge < -0.3 is 9.47 Å². The van der Waals surface area contributed by atoms with Gasteiger partial charge in [0.25, 0.3) is 0 Å². The summed E-state index contributed by atoms with van der Waals surface area (Å²) in [4.78, 5) is 20.0. The Balaban J connectivity index is 2.03. The SMILES string of the molecule is COc1ncccc1C(=O)COc1ccc(C)cn1. The van der Waals surface area contributed by atoms with Crippen molar-refractivity contribution in [1.29, 1.82) is 0 Å². The van der Waals surface area contributed by atoms with E-state index in [9.17, 15) is 4.79 Å². The van der Waals surface area contributed by atoms with Crippen molar-refractivity contribution in [1.82, 2.24) is 9.97 Å². The van der Waals surface area contributed by atoms with Crippen LogP contribution in [-0.4, -0.2) is 29.5 Å². The Morgan fingerprint density at radius 1 is 1.26 bits per heavy atom. The smallest absolute Gasteiger partial charge is 0.224 e. The standard InChI is InChI=1S/C14H14N2O3/c1-10-5-6-13(16-8-10)19-9-12(17)11-4-3-7-15-14(11)18-2/h3-8H,9H2,1-2H3. The summed E-state index contributed by atoms with van der Waals surface area (Å²) in [5.41, 5.74) is 1.43. The molecule has 5 heteroatoms. The molecular formula is C14H14N2O3. The molecule has 2 rings (SSSR count). The van der Waals surface area contributed by atoms with Gasteiger partial charge in [-0.15, -0.1) is 0 Å². The van der Waals surface area contributed by atoms with Crippen LogP contribution in [-0.2, 0) is 0 Å².